The molecule has 3 saturated heterocycles. The molecule has 0 spiro atoms. The fourth-order valence-electron chi connectivity index (χ4n) is 4.23. The third-order valence-electron chi connectivity index (χ3n) is 5.59. The third-order valence-corrected chi connectivity index (χ3v) is 5.89. The van der Waals surface area contributed by atoms with Crippen molar-refractivity contribution in [3.05, 3.63) is 35.0 Å². The fourth-order valence-corrected chi connectivity index (χ4v) is 4.45. The van der Waals surface area contributed by atoms with Crippen LogP contribution < -0.4 is 5.32 Å². The molecule has 1 aromatic carbocycles. The van der Waals surface area contributed by atoms with Crippen molar-refractivity contribution >= 4 is 28.5 Å². The van der Waals surface area contributed by atoms with E-state index in [-0.39, 0.29) is 17.5 Å². The minimum atomic E-state index is -0.149. The lowest BCUT2D eigenvalue weighted by atomic mass is 9.72. The van der Waals surface area contributed by atoms with Crippen molar-refractivity contribution in [1.29, 1.82) is 0 Å². The molecular formula is C18H21ClN2O2. The number of para-hydroxylation sites is 1. The minimum Gasteiger partial charge on any atom is -0.449 e. The number of furan rings is 1. The van der Waals surface area contributed by atoms with Gasteiger partial charge in [-0.1, -0.05) is 23.7 Å². The van der Waals surface area contributed by atoms with Crippen molar-refractivity contribution in [1.82, 2.24) is 10.2 Å². The summed E-state index contributed by atoms with van der Waals surface area (Å²) in [6.45, 7) is 6.70. The molecule has 0 saturated carbocycles. The highest BCUT2D eigenvalue weighted by atomic mass is 35.5. The van der Waals surface area contributed by atoms with Crippen LogP contribution in [0.2, 0.25) is 5.02 Å². The summed E-state index contributed by atoms with van der Waals surface area (Å²) >= 11 is 6.13. The zero-order valence-electron chi connectivity index (χ0n) is 13.4. The van der Waals surface area contributed by atoms with E-state index < -0.39 is 0 Å². The summed E-state index contributed by atoms with van der Waals surface area (Å²) in [6.07, 6.45) is 2.31. The number of hydrogen-bond acceptors (Lipinski definition) is 3. The van der Waals surface area contributed by atoms with Crippen LogP contribution in [0.4, 0.5) is 0 Å². The van der Waals surface area contributed by atoms with Crippen LogP contribution in [0.3, 0.4) is 0 Å². The van der Waals surface area contributed by atoms with Gasteiger partial charge in [0.2, 0.25) is 0 Å². The second kappa shape index (κ2) is 5.25. The average molecular weight is 333 g/mol. The van der Waals surface area contributed by atoms with Gasteiger partial charge in [-0.15, -0.1) is 0 Å². The Kier molecular flexibility index (Phi) is 3.43. The highest BCUT2D eigenvalue weighted by Gasteiger charge is 2.48. The molecule has 4 nitrogen and oxygen atoms in total. The van der Waals surface area contributed by atoms with Gasteiger partial charge < -0.3 is 9.73 Å². The molecule has 1 unspecified atom stereocenters. The lowest BCUT2D eigenvalue weighted by Crippen LogP contribution is -2.69. The molecule has 1 aromatic heterocycles. The maximum Gasteiger partial charge on any atom is 0.287 e. The van der Waals surface area contributed by atoms with Crippen molar-refractivity contribution in [3.8, 4) is 0 Å². The monoisotopic (exact) mass is 332 g/mol. The Balaban J connectivity index is 1.60. The van der Waals surface area contributed by atoms with Crippen molar-refractivity contribution in [2.45, 2.75) is 38.3 Å². The van der Waals surface area contributed by atoms with Crippen molar-refractivity contribution < 1.29 is 9.21 Å². The van der Waals surface area contributed by atoms with Crippen LogP contribution in [0.25, 0.3) is 11.0 Å². The minimum absolute atomic E-state index is 0.0134. The number of benzene rings is 1. The van der Waals surface area contributed by atoms with E-state index in [0.717, 1.165) is 31.3 Å². The van der Waals surface area contributed by atoms with Crippen LogP contribution in [0.5, 0.6) is 0 Å². The molecule has 3 aliphatic rings. The Labute approximate surface area is 140 Å². The normalized spacial score (nSPS) is 28.9. The molecule has 0 radical (unpaired) electrons. The van der Waals surface area contributed by atoms with E-state index in [2.05, 4.69) is 24.1 Å². The molecular weight excluding hydrogens is 312 g/mol. The van der Waals surface area contributed by atoms with Crippen molar-refractivity contribution in [2.24, 2.45) is 5.92 Å². The Bertz CT molecular complexity index is 759. The number of fused-ring (bicyclic) bond motifs is 4. The summed E-state index contributed by atoms with van der Waals surface area (Å²) in [7, 11) is 0. The summed E-state index contributed by atoms with van der Waals surface area (Å²) in [5, 5.41) is 4.61. The van der Waals surface area contributed by atoms with Crippen molar-refractivity contribution in [3.63, 3.8) is 0 Å². The summed E-state index contributed by atoms with van der Waals surface area (Å²) in [5.41, 5.74) is 0.563. The van der Waals surface area contributed by atoms with Gasteiger partial charge in [0.25, 0.3) is 5.91 Å². The van der Waals surface area contributed by atoms with Gasteiger partial charge in [-0.05, 0) is 57.8 Å². The number of amides is 1. The third kappa shape index (κ3) is 2.36. The number of rotatable bonds is 2. The van der Waals surface area contributed by atoms with Gasteiger partial charge in [0.1, 0.15) is 0 Å². The standard InChI is InChI=1S/C18H21ClN2O2/c1-18(2)16(11-6-8-21(18)9-7-11)20-17(22)14-10-12-4-3-5-13(19)15(12)23-14/h3-5,10-11,16H,6-9H2,1-2H3,(H,20,22). The number of nitrogens with zero attached hydrogens (tertiary/aromatic N) is 1. The van der Waals surface area contributed by atoms with Gasteiger partial charge in [0, 0.05) is 17.0 Å². The number of carbonyl (C=O) groups is 1. The highest BCUT2D eigenvalue weighted by Crippen LogP contribution is 2.39. The van der Waals surface area contributed by atoms with Crippen LogP contribution in [-0.4, -0.2) is 35.5 Å². The predicted octanol–water partition coefficient (Wildman–Crippen LogP) is 3.69. The van der Waals surface area contributed by atoms with Gasteiger partial charge in [0.15, 0.2) is 11.3 Å². The van der Waals surface area contributed by atoms with E-state index in [9.17, 15) is 4.79 Å². The predicted molar refractivity (Wildman–Crippen MR) is 90.9 cm³/mol. The molecule has 2 bridgehead atoms. The summed E-state index contributed by atoms with van der Waals surface area (Å²) < 4.78 is 5.69. The number of hydrogen-bond donors (Lipinski definition) is 1. The number of nitrogens with one attached hydrogen (secondary N) is 1. The number of carbonyl (C=O) groups excluding carboxylic acids is 1. The molecule has 3 fully saturated rings. The first kappa shape index (κ1) is 15.0. The van der Waals surface area contributed by atoms with E-state index in [0.29, 0.717) is 22.3 Å². The molecule has 4 heterocycles. The molecule has 1 amide bonds. The molecule has 5 heteroatoms. The quantitative estimate of drug-likeness (QED) is 0.912. The maximum absolute atomic E-state index is 12.7. The second-order valence-corrected chi connectivity index (χ2v) is 7.61. The van der Waals surface area contributed by atoms with Gasteiger partial charge in [0.05, 0.1) is 5.02 Å². The summed E-state index contributed by atoms with van der Waals surface area (Å²) in [4.78, 5) is 15.2. The summed E-state index contributed by atoms with van der Waals surface area (Å²) in [5.74, 6) is 0.733. The topological polar surface area (TPSA) is 45.5 Å². The first-order chi connectivity index (χ1) is 11.0. The first-order valence-corrected chi connectivity index (χ1v) is 8.58. The SMILES string of the molecule is CC1(C)C(NC(=O)c2cc3cccc(Cl)c3o2)C2CCN1CC2. The Morgan fingerprint density at radius 2 is 2.09 bits per heavy atom. The summed E-state index contributed by atoms with van der Waals surface area (Å²) in [6, 6.07) is 7.45. The van der Waals surface area contributed by atoms with E-state index in [1.54, 1.807) is 12.1 Å². The number of piperidine rings is 3. The van der Waals surface area contributed by atoms with Crippen LogP contribution in [0, 0.1) is 5.92 Å². The van der Waals surface area contributed by atoms with E-state index >= 15 is 0 Å². The number of halogens is 1. The Morgan fingerprint density at radius 3 is 2.74 bits per heavy atom. The van der Waals surface area contributed by atoms with E-state index in [1.165, 1.54) is 0 Å². The van der Waals surface area contributed by atoms with Gasteiger partial charge >= 0.3 is 0 Å². The van der Waals surface area contributed by atoms with Crippen LogP contribution in [0.15, 0.2) is 28.7 Å². The first-order valence-electron chi connectivity index (χ1n) is 8.21. The lowest BCUT2D eigenvalue weighted by molar-refractivity contribution is -0.0380. The fraction of sp³-hybridized carbons (Fsp3) is 0.500. The Hall–Kier alpha value is -1.52. The molecule has 2 aromatic rings. The van der Waals surface area contributed by atoms with Gasteiger partial charge in [-0.2, -0.15) is 0 Å². The largest absolute Gasteiger partial charge is 0.449 e. The molecule has 1 N–H and O–H groups in total. The molecule has 122 valence electrons. The maximum atomic E-state index is 12.7. The zero-order chi connectivity index (χ0) is 16.2. The Morgan fingerprint density at radius 1 is 1.35 bits per heavy atom. The van der Waals surface area contributed by atoms with E-state index in [4.69, 9.17) is 16.0 Å². The zero-order valence-corrected chi connectivity index (χ0v) is 14.2. The van der Waals surface area contributed by atoms with Gasteiger partial charge in [-0.25, -0.2) is 0 Å². The second-order valence-electron chi connectivity index (χ2n) is 7.20. The van der Waals surface area contributed by atoms with Crippen molar-refractivity contribution in [2.75, 3.05) is 13.1 Å². The van der Waals surface area contributed by atoms with Gasteiger partial charge in [-0.3, -0.25) is 9.69 Å². The lowest BCUT2D eigenvalue weighted by Gasteiger charge is -2.56. The molecule has 3 aliphatic heterocycles. The van der Waals surface area contributed by atoms with Crippen LogP contribution >= 0.6 is 11.6 Å². The van der Waals surface area contributed by atoms with E-state index in [1.807, 2.05) is 12.1 Å². The highest BCUT2D eigenvalue weighted by molar-refractivity contribution is 6.34. The average Bonchev–Trinajstić information content (AvgIpc) is 2.97. The van der Waals surface area contributed by atoms with Crippen LogP contribution in [-0.2, 0) is 0 Å². The molecule has 0 aliphatic carbocycles. The smallest absolute Gasteiger partial charge is 0.287 e. The van der Waals surface area contributed by atoms with Crippen LogP contribution in [0.1, 0.15) is 37.2 Å². The molecule has 1 atom stereocenters. The molecule has 23 heavy (non-hydrogen) atoms. The molecule has 5 rings (SSSR count).